The minimum atomic E-state index is -0.840. The third-order valence-electron chi connectivity index (χ3n) is 8.97. The Balaban J connectivity index is 1.67. The van der Waals surface area contributed by atoms with Gasteiger partial charge in [0.1, 0.15) is 5.60 Å². The molecule has 1 N–H and O–H groups in total. The molecule has 0 aromatic heterocycles. The average molecular weight is 300 g/mol. The minimum absolute atomic E-state index is 0.0270. The maximum atomic E-state index is 11.0. The van der Waals surface area contributed by atoms with E-state index in [4.69, 9.17) is 6.42 Å². The summed E-state index contributed by atoms with van der Waals surface area (Å²) >= 11 is 0. The number of aliphatic hydroxyl groups is 1. The highest BCUT2D eigenvalue weighted by atomic mass is 16.3. The minimum Gasteiger partial charge on any atom is -0.377 e. The summed E-state index contributed by atoms with van der Waals surface area (Å²) in [5.41, 5.74) is -0.285. The second kappa shape index (κ2) is 4.76. The molecule has 122 valence electrons. The Labute approximate surface area is 136 Å². The van der Waals surface area contributed by atoms with Gasteiger partial charge in [0.25, 0.3) is 0 Å². The quantitative estimate of drug-likeness (QED) is 0.638. The summed E-state index contributed by atoms with van der Waals surface area (Å²) in [4.78, 5) is 0. The number of hydrogen-bond acceptors (Lipinski definition) is 1. The van der Waals surface area contributed by atoms with Crippen molar-refractivity contribution in [2.45, 2.75) is 83.7 Å². The molecule has 22 heavy (non-hydrogen) atoms. The van der Waals surface area contributed by atoms with Crippen molar-refractivity contribution in [1.82, 2.24) is 0 Å². The molecule has 0 bridgehead atoms. The highest BCUT2D eigenvalue weighted by molar-refractivity contribution is 5.23. The zero-order chi connectivity index (χ0) is 15.6. The largest absolute Gasteiger partial charge is 0.377 e. The molecule has 4 aliphatic rings. The second-order valence-electron chi connectivity index (χ2n) is 9.40. The van der Waals surface area contributed by atoms with Gasteiger partial charge in [-0.05, 0) is 80.5 Å². The van der Waals surface area contributed by atoms with Crippen molar-refractivity contribution in [2.24, 2.45) is 34.5 Å². The van der Waals surface area contributed by atoms with Crippen LogP contribution in [0.4, 0.5) is 0 Å². The number of fused-ring (bicyclic) bond motifs is 5. The van der Waals surface area contributed by atoms with Gasteiger partial charge in [-0.3, -0.25) is 0 Å². The third-order valence-corrected chi connectivity index (χ3v) is 8.97. The van der Waals surface area contributed by atoms with Gasteiger partial charge in [0.15, 0.2) is 0 Å². The summed E-state index contributed by atoms with van der Waals surface area (Å²) in [7, 11) is 0. The van der Waals surface area contributed by atoms with E-state index in [1.54, 1.807) is 0 Å². The summed E-state index contributed by atoms with van der Waals surface area (Å²) in [5.74, 6) is 6.14. The standard InChI is InChI=1S/C21H32O/c1-4-21(22)14-11-18-16-9-8-15-7-5-6-12-19(15,2)17(16)10-13-20(18,21)3/h1,15-18,22H,5-14H2,2-3H3/t15-,16-,17+,18+,19+,20+,21-/m1/s1. The van der Waals surface area contributed by atoms with Gasteiger partial charge in [0.05, 0.1) is 0 Å². The van der Waals surface area contributed by atoms with Crippen molar-refractivity contribution in [3.05, 3.63) is 0 Å². The van der Waals surface area contributed by atoms with Crippen molar-refractivity contribution in [2.75, 3.05) is 0 Å². The number of rotatable bonds is 0. The molecule has 0 spiro atoms. The SMILES string of the molecule is C#C[C@@]1(O)CC[C@H]2[C@@H]3CC[C@H]4CCCC[C@]4(C)[C@H]3CC[C@@]21C. The molecule has 0 radical (unpaired) electrons. The van der Waals surface area contributed by atoms with Gasteiger partial charge in [0.2, 0.25) is 0 Å². The molecule has 4 aliphatic carbocycles. The summed E-state index contributed by atoms with van der Waals surface area (Å²) in [5, 5.41) is 11.0. The van der Waals surface area contributed by atoms with Crippen LogP contribution in [0.15, 0.2) is 0 Å². The third kappa shape index (κ3) is 1.71. The van der Waals surface area contributed by atoms with Crippen LogP contribution < -0.4 is 0 Å². The lowest BCUT2D eigenvalue weighted by atomic mass is 9.44. The zero-order valence-corrected chi connectivity index (χ0v) is 14.4. The lowest BCUT2D eigenvalue weighted by Crippen LogP contribution is -2.55. The lowest BCUT2D eigenvalue weighted by Gasteiger charge is -2.60. The first-order valence-corrected chi connectivity index (χ1v) is 9.65. The first-order valence-electron chi connectivity index (χ1n) is 9.65. The Bertz CT molecular complexity index is 505. The average Bonchev–Trinajstić information content (AvgIpc) is 2.79. The molecule has 0 saturated heterocycles. The van der Waals surface area contributed by atoms with Crippen molar-refractivity contribution >= 4 is 0 Å². The van der Waals surface area contributed by atoms with E-state index < -0.39 is 5.60 Å². The van der Waals surface area contributed by atoms with Crippen LogP contribution in [0.3, 0.4) is 0 Å². The molecule has 7 atom stereocenters. The van der Waals surface area contributed by atoms with Crippen molar-refractivity contribution in [3.63, 3.8) is 0 Å². The smallest absolute Gasteiger partial charge is 0.130 e. The van der Waals surface area contributed by atoms with Gasteiger partial charge in [-0.15, -0.1) is 6.42 Å². The van der Waals surface area contributed by atoms with Gasteiger partial charge >= 0.3 is 0 Å². The molecule has 0 amide bonds. The highest BCUT2D eigenvalue weighted by Gasteiger charge is 2.63. The monoisotopic (exact) mass is 300 g/mol. The van der Waals surface area contributed by atoms with Crippen molar-refractivity contribution in [1.29, 1.82) is 0 Å². The highest BCUT2D eigenvalue weighted by Crippen LogP contribution is 2.68. The fourth-order valence-corrected chi connectivity index (χ4v) is 7.55. The van der Waals surface area contributed by atoms with Crippen molar-refractivity contribution in [3.8, 4) is 12.3 Å². The maximum Gasteiger partial charge on any atom is 0.130 e. The predicted molar refractivity (Wildman–Crippen MR) is 90.1 cm³/mol. The summed E-state index contributed by atoms with van der Waals surface area (Å²) in [6.07, 6.45) is 18.8. The molecule has 0 unspecified atom stereocenters. The lowest BCUT2D eigenvalue weighted by molar-refractivity contribution is -0.134. The van der Waals surface area contributed by atoms with Crippen LogP contribution in [0, 0.1) is 46.8 Å². The van der Waals surface area contributed by atoms with E-state index in [-0.39, 0.29) is 5.41 Å². The first kappa shape index (κ1) is 15.1. The van der Waals surface area contributed by atoms with E-state index >= 15 is 0 Å². The molecule has 4 saturated carbocycles. The maximum absolute atomic E-state index is 11.0. The summed E-state index contributed by atoms with van der Waals surface area (Å²) in [6, 6.07) is 0. The van der Waals surface area contributed by atoms with Crippen LogP contribution in [0.1, 0.15) is 78.1 Å². The van der Waals surface area contributed by atoms with E-state index in [9.17, 15) is 5.11 Å². The molecule has 0 aromatic rings. The Morgan fingerprint density at radius 2 is 1.68 bits per heavy atom. The van der Waals surface area contributed by atoms with Crippen LogP contribution in [0.5, 0.6) is 0 Å². The van der Waals surface area contributed by atoms with Crippen LogP contribution in [0.2, 0.25) is 0 Å². The van der Waals surface area contributed by atoms with Crippen LogP contribution in [-0.4, -0.2) is 10.7 Å². The van der Waals surface area contributed by atoms with Gasteiger partial charge in [-0.1, -0.05) is 32.6 Å². The predicted octanol–water partition coefficient (Wildman–Crippen LogP) is 4.78. The van der Waals surface area contributed by atoms with E-state index in [1.807, 2.05) is 0 Å². The Hall–Kier alpha value is -0.480. The zero-order valence-electron chi connectivity index (χ0n) is 14.4. The van der Waals surface area contributed by atoms with Crippen LogP contribution in [-0.2, 0) is 0 Å². The molecular weight excluding hydrogens is 268 g/mol. The van der Waals surface area contributed by atoms with E-state index in [0.717, 1.165) is 37.0 Å². The Morgan fingerprint density at radius 3 is 2.45 bits per heavy atom. The van der Waals surface area contributed by atoms with E-state index in [1.165, 1.54) is 44.9 Å². The van der Waals surface area contributed by atoms with E-state index in [0.29, 0.717) is 11.3 Å². The van der Waals surface area contributed by atoms with E-state index in [2.05, 4.69) is 19.8 Å². The first-order chi connectivity index (χ1) is 10.4. The van der Waals surface area contributed by atoms with Crippen LogP contribution in [0.25, 0.3) is 0 Å². The summed E-state index contributed by atoms with van der Waals surface area (Å²) in [6.45, 7) is 4.91. The molecule has 4 fully saturated rings. The van der Waals surface area contributed by atoms with Gasteiger partial charge in [0, 0.05) is 5.41 Å². The molecule has 4 rings (SSSR count). The fourth-order valence-electron chi connectivity index (χ4n) is 7.55. The normalized spacial score (nSPS) is 57.4. The molecule has 0 heterocycles. The summed E-state index contributed by atoms with van der Waals surface area (Å²) < 4.78 is 0. The number of hydrogen-bond donors (Lipinski definition) is 1. The Kier molecular flexibility index (Phi) is 3.26. The second-order valence-corrected chi connectivity index (χ2v) is 9.40. The number of terminal acetylenes is 1. The molecule has 0 aromatic carbocycles. The van der Waals surface area contributed by atoms with Gasteiger partial charge in [-0.2, -0.15) is 0 Å². The fraction of sp³-hybridized carbons (Fsp3) is 0.905. The molecule has 0 aliphatic heterocycles. The van der Waals surface area contributed by atoms with Gasteiger partial charge < -0.3 is 5.11 Å². The molecule has 1 heteroatoms. The van der Waals surface area contributed by atoms with Crippen molar-refractivity contribution < 1.29 is 5.11 Å². The topological polar surface area (TPSA) is 20.2 Å². The van der Waals surface area contributed by atoms with Gasteiger partial charge in [-0.25, -0.2) is 0 Å². The van der Waals surface area contributed by atoms with Crippen LogP contribution >= 0.6 is 0 Å². The Morgan fingerprint density at radius 1 is 0.909 bits per heavy atom. The molecule has 1 nitrogen and oxygen atoms in total. The molecular formula is C21H32O.